The van der Waals surface area contributed by atoms with Crippen molar-refractivity contribution in [3.8, 4) is 0 Å². The smallest absolute Gasteiger partial charge is 0.276 e. The molecule has 0 aliphatic rings. The van der Waals surface area contributed by atoms with Gasteiger partial charge in [0.15, 0.2) is 0 Å². The van der Waals surface area contributed by atoms with Gasteiger partial charge in [0.2, 0.25) is 5.13 Å². The van der Waals surface area contributed by atoms with Gasteiger partial charge in [-0.3, -0.25) is 10.1 Å². The Morgan fingerprint density at radius 1 is 1.42 bits per heavy atom. The molecule has 0 aliphatic heterocycles. The fourth-order valence-electron chi connectivity index (χ4n) is 1.43. The summed E-state index contributed by atoms with van der Waals surface area (Å²) in [5, 5.41) is 12.3. The maximum Gasteiger partial charge on any atom is 0.276 e. The highest BCUT2D eigenvalue weighted by Gasteiger charge is 2.12. The molecule has 0 saturated carbocycles. The first kappa shape index (κ1) is 13.9. The van der Waals surface area contributed by atoms with Crippen molar-refractivity contribution in [1.82, 2.24) is 15.2 Å². The summed E-state index contributed by atoms with van der Waals surface area (Å²) >= 11 is 7.11. The molecule has 2 aromatic rings. The number of amides is 1. The van der Waals surface area contributed by atoms with E-state index in [9.17, 15) is 4.79 Å². The van der Waals surface area contributed by atoms with Crippen molar-refractivity contribution in [3.63, 3.8) is 0 Å². The number of rotatable bonds is 4. The van der Waals surface area contributed by atoms with E-state index >= 15 is 0 Å². The van der Waals surface area contributed by atoms with Crippen molar-refractivity contribution in [3.05, 3.63) is 34.1 Å². The molecule has 0 fully saturated rings. The summed E-state index contributed by atoms with van der Waals surface area (Å²) in [5.41, 5.74) is 0.258. The fourth-order valence-corrected chi connectivity index (χ4v) is 2.54. The van der Waals surface area contributed by atoms with E-state index in [1.807, 2.05) is 0 Å². The minimum atomic E-state index is -0.338. The summed E-state index contributed by atoms with van der Waals surface area (Å²) in [6, 6.07) is 4.88. The van der Waals surface area contributed by atoms with Gasteiger partial charge < -0.3 is 0 Å². The molecule has 0 unspecified atom stereocenters. The van der Waals surface area contributed by atoms with E-state index in [1.165, 1.54) is 11.3 Å². The van der Waals surface area contributed by atoms with Crippen LogP contribution >= 0.6 is 22.9 Å². The Kier molecular flexibility index (Phi) is 4.44. The third kappa shape index (κ3) is 3.97. The third-order valence-corrected chi connectivity index (χ3v) is 3.29. The predicted molar refractivity (Wildman–Crippen MR) is 75.7 cm³/mol. The second-order valence-corrected chi connectivity index (χ2v) is 5.85. The van der Waals surface area contributed by atoms with E-state index in [0.717, 1.165) is 11.4 Å². The number of anilines is 1. The summed E-state index contributed by atoms with van der Waals surface area (Å²) < 4.78 is 0. The molecule has 0 spiro atoms. The van der Waals surface area contributed by atoms with E-state index in [1.54, 1.807) is 18.2 Å². The van der Waals surface area contributed by atoms with Gasteiger partial charge in [0.1, 0.15) is 15.9 Å². The quantitative estimate of drug-likeness (QED) is 0.881. The highest BCUT2D eigenvalue weighted by molar-refractivity contribution is 7.15. The Hall–Kier alpha value is -1.53. The summed E-state index contributed by atoms with van der Waals surface area (Å²) in [6.45, 7) is 4.21. The minimum Gasteiger partial charge on any atom is -0.295 e. The van der Waals surface area contributed by atoms with Crippen LogP contribution < -0.4 is 5.32 Å². The Morgan fingerprint density at radius 2 is 2.21 bits per heavy atom. The molecular weight excluding hydrogens is 284 g/mol. The highest BCUT2D eigenvalue weighted by atomic mass is 35.5. The number of nitrogens with zero attached hydrogens (tertiary/aromatic N) is 3. The van der Waals surface area contributed by atoms with Gasteiger partial charge in [-0.2, -0.15) is 0 Å². The van der Waals surface area contributed by atoms with Gasteiger partial charge in [-0.05, 0) is 18.1 Å². The third-order valence-electron chi connectivity index (χ3n) is 2.22. The SMILES string of the molecule is CC(C)Cc1nnc(NC(=O)c2cccc(Cl)n2)s1. The van der Waals surface area contributed by atoms with Crippen LogP contribution in [0.2, 0.25) is 5.15 Å². The summed E-state index contributed by atoms with van der Waals surface area (Å²) in [7, 11) is 0. The van der Waals surface area contributed by atoms with Crippen molar-refractivity contribution in [1.29, 1.82) is 0 Å². The van der Waals surface area contributed by atoms with Crippen LogP contribution in [0.3, 0.4) is 0 Å². The lowest BCUT2D eigenvalue weighted by atomic mass is 10.1. The van der Waals surface area contributed by atoms with Crippen LogP contribution in [0.4, 0.5) is 5.13 Å². The molecule has 0 atom stereocenters. The van der Waals surface area contributed by atoms with E-state index < -0.39 is 0 Å². The Balaban J connectivity index is 2.05. The zero-order chi connectivity index (χ0) is 13.8. The van der Waals surface area contributed by atoms with E-state index in [-0.39, 0.29) is 16.8 Å². The Morgan fingerprint density at radius 3 is 2.89 bits per heavy atom. The number of carbonyl (C=O) groups is 1. The average molecular weight is 297 g/mol. The van der Waals surface area contributed by atoms with Crippen LogP contribution in [0, 0.1) is 5.92 Å². The lowest BCUT2D eigenvalue weighted by Crippen LogP contribution is -2.13. The average Bonchev–Trinajstić information content (AvgIpc) is 2.75. The first-order valence-corrected chi connectivity index (χ1v) is 7.00. The van der Waals surface area contributed by atoms with Crippen LogP contribution in [0.1, 0.15) is 29.3 Å². The topological polar surface area (TPSA) is 67.8 Å². The maximum absolute atomic E-state index is 11.9. The van der Waals surface area contributed by atoms with Gasteiger partial charge in [-0.25, -0.2) is 4.98 Å². The molecule has 2 heterocycles. The molecule has 2 aromatic heterocycles. The molecule has 0 saturated heterocycles. The Bertz CT molecular complexity index is 585. The number of nitrogens with one attached hydrogen (secondary N) is 1. The van der Waals surface area contributed by atoms with Crippen molar-refractivity contribution >= 4 is 34.0 Å². The molecule has 1 amide bonds. The molecule has 0 bridgehead atoms. The van der Waals surface area contributed by atoms with Gasteiger partial charge in [-0.1, -0.05) is 42.9 Å². The molecular formula is C12H13ClN4OS. The number of hydrogen-bond acceptors (Lipinski definition) is 5. The van der Waals surface area contributed by atoms with Crippen LogP contribution in [0.25, 0.3) is 0 Å². The highest BCUT2D eigenvalue weighted by Crippen LogP contribution is 2.19. The van der Waals surface area contributed by atoms with Crippen LogP contribution in [0.5, 0.6) is 0 Å². The molecule has 0 radical (unpaired) electrons. The van der Waals surface area contributed by atoms with Gasteiger partial charge in [0.05, 0.1) is 0 Å². The molecule has 5 nitrogen and oxygen atoms in total. The van der Waals surface area contributed by atoms with Gasteiger partial charge >= 0.3 is 0 Å². The first-order chi connectivity index (χ1) is 9.04. The summed E-state index contributed by atoms with van der Waals surface area (Å²) in [4.78, 5) is 15.8. The number of hydrogen-bond donors (Lipinski definition) is 1. The summed E-state index contributed by atoms with van der Waals surface area (Å²) in [5.74, 6) is 0.167. The number of halogens is 1. The van der Waals surface area contributed by atoms with Crippen molar-refractivity contribution in [2.24, 2.45) is 5.92 Å². The van der Waals surface area contributed by atoms with Crippen molar-refractivity contribution in [2.75, 3.05) is 5.32 Å². The fraction of sp³-hybridized carbons (Fsp3) is 0.333. The molecule has 0 aliphatic carbocycles. The lowest BCUT2D eigenvalue weighted by molar-refractivity contribution is 0.102. The number of aromatic nitrogens is 3. The van der Waals surface area contributed by atoms with Gasteiger partial charge in [0.25, 0.3) is 5.91 Å². The van der Waals surface area contributed by atoms with Gasteiger partial charge in [0, 0.05) is 6.42 Å². The molecule has 1 N–H and O–H groups in total. The molecule has 0 aromatic carbocycles. The van der Waals surface area contributed by atoms with E-state index in [0.29, 0.717) is 11.0 Å². The first-order valence-electron chi connectivity index (χ1n) is 5.81. The number of carbonyl (C=O) groups excluding carboxylic acids is 1. The Labute approximate surface area is 120 Å². The van der Waals surface area contributed by atoms with Crippen LogP contribution in [-0.2, 0) is 6.42 Å². The minimum absolute atomic E-state index is 0.258. The predicted octanol–water partition coefficient (Wildman–Crippen LogP) is 3.04. The van der Waals surface area contributed by atoms with E-state index in [4.69, 9.17) is 11.6 Å². The molecule has 19 heavy (non-hydrogen) atoms. The normalized spacial score (nSPS) is 10.7. The molecule has 7 heteroatoms. The summed E-state index contributed by atoms with van der Waals surface area (Å²) in [6.07, 6.45) is 0.850. The van der Waals surface area contributed by atoms with E-state index in [2.05, 4.69) is 34.3 Å². The van der Waals surface area contributed by atoms with Gasteiger partial charge in [-0.15, -0.1) is 10.2 Å². The molecule has 100 valence electrons. The standard InChI is InChI=1S/C12H13ClN4OS/c1-7(2)6-10-16-17-12(19-10)15-11(18)8-4-3-5-9(13)14-8/h3-5,7H,6H2,1-2H3,(H,15,17,18). The molecule has 2 rings (SSSR count). The maximum atomic E-state index is 11.9. The van der Waals surface area contributed by atoms with Crippen molar-refractivity contribution in [2.45, 2.75) is 20.3 Å². The lowest BCUT2D eigenvalue weighted by Gasteiger charge is -2.00. The number of pyridine rings is 1. The zero-order valence-corrected chi connectivity index (χ0v) is 12.1. The monoisotopic (exact) mass is 296 g/mol. The second-order valence-electron chi connectivity index (χ2n) is 4.40. The zero-order valence-electron chi connectivity index (χ0n) is 10.6. The van der Waals surface area contributed by atoms with Crippen molar-refractivity contribution < 1.29 is 4.79 Å². The second kappa shape index (κ2) is 6.08. The van der Waals surface area contributed by atoms with Crippen LogP contribution in [-0.4, -0.2) is 21.1 Å². The van der Waals surface area contributed by atoms with Crippen LogP contribution in [0.15, 0.2) is 18.2 Å². The largest absolute Gasteiger partial charge is 0.295 e.